The Morgan fingerprint density at radius 3 is 1.15 bits per heavy atom. The van der Waals surface area contributed by atoms with E-state index in [1.54, 1.807) is 18.4 Å². The molecule has 6 heteroatoms. The Labute approximate surface area is 261 Å². The molecule has 0 saturated heterocycles. The average molecular weight is 614 g/mol. The summed E-state index contributed by atoms with van der Waals surface area (Å²) in [6.45, 7) is 25.8. The van der Waals surface area contributed by atoms with Crippen LogP contribution in [0.1, 0.15) is 111 Å². The van der Waals surface area contributed by atoms with Crippen molar-refractivity contribution in [1.82, 2.24) is 0 Å². The Morgan fingerprint density at radius 2 is 0.949 bits per heavy atom. The summed E-state index contributed by atoms with van der Waals surface area (Å²) >= 11 is 1.94. The van der Waals surface area contributed by atoms with Gasteiger partial charge in [0.25, 0.3) is 0 Å². The third-order valence-electron chi connectivity index (χ3n) is 6.03. The number of hydrogen-bond donors (Lipinski definition) is 2. The molecule has 3 aromatic rings. The number of phenols is 2. The first-order valence-electron chi connectivity index (χ1n) is 12.9. The molecule has 1 heterocycles. The third-order valence-corrected chi connectivity index (χ3v) is 6.47. The molecule has 3 rings (SSSR count). The van der Waals surface area contributed by atoms with E-state index in [0.717, 1.165) is 16.9 Å². The van der Waals surface area contributed by atoms with Gasteiger partial charge in [0, 0.05) is 0 Å². The van der Waals surface area contributed by atoms with Crippen LogP contribution in [0, 0.1) is 0 Å². The molecule has 2 N–H and O–H groups in total. The minimum atomic E-state index is -0.00859. The predicted molar refractivity (Wildman–Crippen MR) is 169 cm³/mol. The maximum atomic E-state index is 9.84. The second-order valence-corrected chi connectivity index (χ2v) is 14.1. The molecule has 0 saturated carbocycles. The van der Waals surface area contributed by atoms with E-state index >= 15 is 0 Å². The molecule has 0 spiro atoms. The topological polar surface area (TPSA) is 53.6 Å². The van der Waals surface area contributed by atoms with Crippen LogP contribution in [0.3, 0.4) is 0 Å². The van der Waals surface area contributed by atoms with Crippen LogP contribution in [-0.4, -0.2) is 14.5 Å². The van der Waals surface area contributed by atoms with E-state index < -0.39 is 0 Å². The summed E-state index contributed by atoms with van der Waals surface area (Å²) < 4.78 is 6.84. The zero-order valence-corrected chi connectivity index (χ0v) is 29.1. The van der Waals surface area contributed by atoms with E-state index in [4.69, 9.17) is 4.42 Å². The fourth-order valence-corrected chi connectivity index (χ4v) is 3.84. The Morgan fingerprint density at radius 1 is 0.590 bits per heavy atom. The van der Waals surface area contributed by atoms with Crippen LogP contribution in [0.4, 0.5) is 0 Å². The van der Waals surface area contributed by atoms with Crippen LogP contribution >= 0.6 is 24.8 Å². The molecule has 0 amide bonds. The molecule has 39 heavy (non-hydrogen) atoms. The van der Waals surface area contributed by atoms with Crippen LogP contribution in [0.15, 0.2) is 59.2 Å². The van der Waals surface area contributed by atoms with Gasteiger partial charge >= 0.3 is 52.9 Å². The van der Waals surface area contributed by atoms with Crippen molar-refractivity contribution >= 4 is 29.1 Å². The minimum absolute atomic E-state index is 0. The molecule has 0 radical (unpaired) electrons. The Balaban J connectivity index is 0. The van der Waals surface area contributed by atoms with Crippen molar-refractivity contribution in [3.63, 3.8) is 0 Å². The Kier molecular flexibility index (Phi) is 15.7. The molecule has 0 bridgehead atoms. The van der Waals surface area contributed by atoms with Gasteiger partial charge in [-0.3, -0.25) is 0 Å². The van der Waals surface area contributed by atoms with Crippen LogP contribution in [0.5, 0.6) is 11.5 Å². The van der Waals surface area contributed by atoms with Gasteiger partial charge in [-0.05, 0) is 56.0 Å². The second kappa shape index (κ2) is 15.5. The van der Waals surface area contributed by atoms with E-state index in [1.807, 2.05) is 48.6 Å². The molecule has 0 atom stereocenters. The van der Waals surface area contributed by atoms with Gasteiger partial charge in [0.05, 0.1) is 0 Å². The molecule has 0 aliphatic carbocycles. The maximum absolute atomic E-state index is 9.84. The van der Waals surface area contributed by atoms with Crippen LogP contribution in [0.25, 0.3) is 0 Å². The third kappa shape index (κ3) is 13.1. The van der Waals surface area contributed by atoms with E-state index in [0.29, 0.717) is 11.5 Å². The number of rotatable bonds is 1. The molecule has 2 aromatic carbocycles. The number of furan rings is 1. The monoisotopic (exact) mass is 612 g/mol. The van der Waals surface area contributed by atoms with Crippen molar-refractivity contribution in [1.29, 1.82) is 0 Å². The number of aromatic hydroxyl groups is 2. The van der Waals surface area contributed by atoms with Crippen LogP contribution in [-0.2, 0) is 41.6 Å². The molecule has 0 unspecified atom stereocenters. The van der Waals surface area contributed by atoms with Gasteiger partial charge in [-0.25, -0.2) is 0 Å². The summed E-state index contributed by atoms with van der Waals surface area (Å²) in [5.74, 6) is 1.73. The molecule has 218 valence electrons. The first-order chi connectivity index (χ1) is 16.7. The molecule has 3 nitrogen and oxygen atoms in total. The number of halogens is 2. The summed E-state index contributed by atoms with van der Waals surface area (Å²) in [6, 6.07) is 15.7. The van der Waals surface area contributed by atoms with Crippen molar-refractivity contribution in [3.05, 3.63) is 82.8 Å². The van der Waals surface area contributed by atoms with Crippen LogP contribution < -0.4 is 0 Å². The first-order valence-corrected chi connectivity index (χ1v) is 13.8. The van der Waals surface area contributed by atoms with Gasteiger partial charge in [-0.2, -0.15) is 0 Å². The number of benzene rings is 2. The zero-order valence-electron chi connectivity index (χ0n) is 25.9. The molecular weight excluding hydrogens is 563 g/mol. The quantitative estimate of drug-likeness (QED) is 0.269. The molecule has 0 aliphatic heterocycles. The van der Waals surface area contributed by atoms with Crippen molar-refractivity contribution < 1.29 is 34.6 Å². The van der Waals surface area contributed by atoms with E-state index in [-0.39, 0.29) is 46.5 Å². The van der Waals surface area contributed by atoms with Gasteiger partial charge in [0.2, 0.25) is 0 Å². The number of phenolic OH excluding ortho intramolecular Hbond substituents is 2. The van der Waals surface area contributed by atoms with Gasteiger partial charge < -0.3 is 10.2 Å². The first kappa shape index (κ1) is 39.6. The molecule has 0 fully saturated rings. The number of hydrogen-bond acceptors (Lipinski definition) is 3. The van der Waals surface area contributed by atoms with E-state index in [2.05, 4.69) is 95.2 Å². The second-order valence-electron chi connectivity index (χ2n) is 13.6. The Bertz CT molecular complexity index is 1070. The van der Waals surface area contributed by atoms with Crippen LogP contribution in [0.2, 0.25) is 0 Å². The molecule has 0 aliphatic rings. The van der Waals surface area contributed by atoms with E-state index in [1.165, 1.54) is 11.1 Å². The summed E-state index contributed by atoms with van der Waals surface area (Å²) in [6.07, 6.45) is 1.66. The SMILES string of the molecule is CC(C)(C)c1ccc(O)c(C(C)(C)C)c1.CC(C)(C)c1ccc(O)c(C(C)(C)C)c1.Cl.Cl.[Ti]=[CH]c1ccco1. The Hall–Kier alpha value is -1.52. The van der Waals surface area contributed by atoms with Gasteiger partial charge in [-0.15, -0.1) is 24.8 Å². The van der Waals surface area contributed by atoms with Crippen molar-refractivity contribution in [2.24, 2.45) is 0 Å². The predicted octanol–water partition coefficient (Wildman–Crippen LogP) is 9.79. The summed E-state index contributed by atoms with van der Waals surface area (Å²) in [5.41, 5.74) is 4.83. The summed E-state index contributed by atoms with van der Waals surface area (Å²) in [7, 11) is 0. The summed E-state index contributed by atoms with van der Waals surface area (Å²) in [5, 5.41) is 19.7. The molecule has 1 aromatic heterocycles. The fraction of sp³-hybridized carbons (Fsp3) is 0.485. The van der Waals surface area contributed by atoms with Crippen molar-refractivity contribution in [2.45, 2.75) is 105 Å². The van der Waals surface area contributed by atoms with Crippen molar-refractivity contribution in [2.75, 3.05) is 0 Å². The van der Waals surface area contributed by atoms with E-state index in [9.17, 15) is 10.2 Å². The van der Waals surface area contributed by atoms with Gasteiger partial charge in [0.15, 0.2) is 0 Å². The standard InChI is InChI=1S/2C14H22O.C5H4O.2ClH.Ti/c2*1-13(2,3)10-7-8-12(15)11(9-10)14(4,5)6;1-5-3-2-4-6-5;;;/h2*7-9,15H,1-6H3;1-4H;2*1H;. The van der Waals surface area contributed by atoms with Crippen molar-refractivity contribution in [3.8, 4) is 11.5 Å². The summed E-state index contributed by atoms with van der Waals surface area (Å²) in [4.78, 5) is 0. The fourth-order valence-electron chi connectivity index (χ4n) is 3.58. The van der Waals surface area contributed by atoms with Gasteiger partial charge in [-0.1, -0.05) is 107 Å². The van der Waals surface area contributed by atoms with Gasteiger partial charge in [0.1, 0.15) is 11.5 Å². The zero-order chi connectivity index (χ0) is 28.8. The normalized spacial score (nSPS) is 11.5. The average Bonchev–Trinajstić information content (AvgIpc) is 3.26. The molecular formula is C33H50Cl2O3Ti.